The van der Waals surface area contributed by atoms with E-state index in [1.54, 1.807) is 13.0 Å². The topological polar surface area (TPSA) is 65.0 Å². The Bertz CT molecular complexity index is 833. The molecule has 0 amide bonds. The van der Waals surface area contributed by atoms with Crippen LogP contribution in [-0.2, 0) is 22.3 Å². The number of allylic oxidation sites excluding steroid dienone is 4. The molecule has 1 aliphatic rings. The molecule has 0 aromatic heterocycles. The molecule has 1 N–H and O–H groups in total. The summed E-state index contributed by atoms with van der Waals surface area (Å²) in [5.41, 5.74) is 4.37. The van der Waals surface area contributed by atoms with Crippen LogP contribution in [0.1, 0.15) is 88.2 Å². The van der Waals surface area contributed by atoms with E-state index in [9.17, 15) is 9.90 Å². The molecule has 0 radical (unpaired) electrons. The number of ether oxygens (including phenoxy) is 3. The lowest BCUT2D eigenvalue weighted by molar-refractivity contribution is -0.171. The molecule has 172 valence electrons. The van der Waals surface area contributed by atoms with Crippen molar-refractivity contribution in [3.8, 4) is 11.5 Å². The summed E-state index contributed by atoms with van der Waals surface area (Å²) >= 11 is 0. The molecule has 31 heavy (non-hydrogen) atoms. The third-order valence-corrected chi connectivity index (χ3v) is 5.48. The minimum Gasteiger partial charge on any atom is -0.508 e. The van der Waals surface area contributed by atoms with Gasteiger partial charge in [-0.15, -0.1) is 0 Å². The fraction of sp³-hybridized carbons (Fsp3) is 0.577. The third kappa shape index (κ3) is 6.86. The van der Waals surface area contributed by atoms with Crippen molar-refractivity contribution in [3.05, 3.63) is 46.1 Å². The zero-order valence-electron chi connectivity index (χ0n) is 20.0. The summed E-state index contributed by atoms with van der Waals surface area (Å²) < 4.78 is 17.0. The minimum atomic E-state index is -1.22. The molecule has 1 heterocycles. The number of fused-ring (bicyclic) bond motifs is 1. The van der Waals surface area contributed by atoms with Gasteiger partial charge in [0.15, 0.2) is 0 Å². The molecule has 5 heteroatoms. The summed E-state index contributed by atoms with van der Waals surface area (Å²) in [6.45, 7) is 10.2. The zero-order chi connectivity index (χ0) is 23.0. The van der Waals surface area contributed by atoms with E-state index >= 15 is 0 Å². The molecule has 5 nitrogen and oxygen atoms in total. The molecule has 1 aromatic rings. The van der Waals surface area contributed by atoms with E-state index in [-0.39, 0.29) is 12.4 Å². The van der Waals surface area contributed by atoms with Gasteiger partial charge in [-0.25, -0.2) is 4.79 Å². The molecule has 0 bridgehead atoms. The first-order valence-corrected chi connectivity index (χ1v) is 11.3. The molecule has 0 saturated carbocycles. The molecule has 1 aliphatic heterocycles. The molecule has 1 unspecified atom stereocenters. The highest BCUT2D eigenvalue weighted by molar-refractivity contribution is 5.96. The highest BCUT2D eigenvalue weighted by Gasteiger charge is 2.41. The van der Waals surface area contributed by atoms with E-state index in [1.807, 2.05) is 0 Å². The Morgan fingerprint density at radius 1 is 1.19 bits per heavy atom. The summed E-state index contributed by atoms with van der Waals surface area (Å²) in [5.74, 6) is -1.05. The first-order valence-electron chi connectivity index (χ1n) is 11.3. The van der Waals surface area contributed by atoms with Gasteiger partial charge >= 0.3 is 5.97 Å². The number of esters is 1. The molecular formula is C26H38O5. The number of methoxy groups -OCH3 is 1. The highest BCUT2D eigenvalue weighted by atomic mass is 16.7. The van der Waals surface area contributed by atoms with Crippen LogP contribution in [0.5, 0.6) is 11.5 Å². The Balaban J connectivity index is 2.40. The van der Waals surface area contributed by atoms with Crippen LogP contribution in [0.3, 0.4) is 0 Å². The number of phenols is 1. The van der Waals surface area contributed by atoms with Crippen molar-refractivity contribution in [1.29, 1.82) is 0 Å². The van der Waals surface area contributed by atoms with Crippen molar-refractivity contribution in [3.63, 3.8) is 0 Å². The van der Waals surface area contributed by atoms with Gasteiger partial charge in [0, 0.05) is 19.6 Å². The second-order valence-electron chi connectivity index (χ2n) is 8.83. The number of phenolic OH excluding ortho intramolecular Hbond substituents is 1. The molecule has 1 aromatic carbocycles. The fourth-order valence-electron chi connectivity index (χ4n) is 3.81. The van der Waals surface area contributed by atoms with E-state index in [0.717, 1.165) is 37.7 Å². The Hall–Kier alpha value is -2.27. The number of carbonyl (C=O) groups is 1. The van der Waals surface area contributed by atoms with E-state index in [2.05, 4.69) is 39.8 Å². The van der Waals surface area contributed by atoms with Crippen LogP contribution in [0.25, 0.3) is 0 Å². The number of carbonyl (C=O) groups excluding carboxylic acids is 1. The van der Waals surface area contributed by atoms with Gasteiger partial charge in [-0.1, -0.05) is 43.1 Å². The van der Waals surface area contributed by atoms with Crippen LogP contribution in [-0.4, -0.2) is 30.6 Å². The Morgan fingerprint density at radius 3 is 2.58 bits per heavy atom. The van der Waals surface area contributed by atoms with Crippen LogP contribution in [0.2, 0.25) is 0 Å². The number of aromatic hydroxyl groups is 1. The Kier molecular flexibility index (Phi) is 9.17. The lowest BCUT2D eigenvalue weighted by atomic mass is 9.93. The second-order valence-corrected chi connectivity index (χ2v) is 8.83. The lowest BCUT2D eigenvalue weighted by Crippen LogP contribution is -2.46. The normalized spacial score (nSPS) is 18.3. The molecule has 0 fully saturated rings. The quantitative estimate of drug-likeness (QED) is 0.254. The summed E-state index contributed by atoms with van der Waals surface area (Å²) in [4.78, 5) is 13.0. The van der Waals surface area contributed by atoms with Gasteiger partial charge < -0.3 is 19.3 Å². The van der Waals surface area contributed by atoms with Crippen LogP contribution in [0.15, 0.2) is 29.4 Å². The maximum Gasteiger partial charge on any atom is 0.345 e. The Morgan fingerprint density at radius 2 is 1.94 bits per heavy atom. The van der Waals surface area contributed by atoms with Crippen molar-refractivity contribution >= 4 is 5.97 Å². The maximum atomic E-state index is 13.0. The number of cyclic esters (lactones) is 1. The molecule has 1 atom stereocenters. The standard InChI is InChI=1S/C26H38O5/c1-7-8-9-13-20-16-22(27)21(15-14-19(4)12-10-11-18(2)3)24-23(20)25(28)31-26(5,30-24)17-29-6/h11,14,16,27H,7-10,12-13,15,17H2,1-6H3/b19-14+. The number of benzene rings is 1. The van der Waals surface area contributed by atoms with Crippen molar-refractivity contribution in [2.24, 2.45) is 0 Å². The third-order valence-electron chi connectivity index (χ3n) is 5.48. The maximum absolute atomic E-state index is 13.0. The number of hydrogen-bond acceptors (Lipinski definition) is 5. The van der Waals surface area contributed by atoms with E-state index < -0.39 is 11.8 Å². The zero-order valence-corrected chi connectivity index (χ0v) is 20.0. The summed E-state index contributed by atoms with van der Waals surface area (Å²) in [7, 11) is 1.54. The van der Waals surface area contributed by atoms with Crippen LogP contribution in [0, 0.1) is 0 Å². The van der Waals surface area contributed by atoms with E-state index in [0.29, 0.717) is 29.7 Å². The van der Waals surface area contributed by atoms with Gasteiger partial charge in [0.2, 0.25) is 0 Å². The van der Waals surface area contributed by atoms with Crippen LogP contribution < -0.4 is 4.74 Å². The number of rotatable bonds is 11. The lowest BCUT2D eigenvalue weighted by Gasteiger charge is -2.36. The van der Waals surface area contributed by atoms with Gasteiger partial charge in [0.25, 0.3) is 5.79 Å². The molecule has 0 spiro atoms. The van der Waals surface area contributed by atoms with Crippen molar-refractivity contribution in [2.45, 2.75) is 85.4 Å². The number of unbranched alkanes of at least 4 members (excludes halogenated alkanes) is 2. The second kappa shape index (κ2) is 11.4. The summed E-state index contributed by atoms with van der Waals surface area (Å²) in [5, 5.41) is 10.8. The van der Waals surface area contributed by atoms with Crippen LogP contribution in [0.4, 0.5) is 0 Å². The minimum absolute atomic E-state index is 0.107. The first kappa shape index (κ1) is 25.0. The summed E-state index contributed by atoms with van der Waals surface area (Å²) in [6.07, 6.45) is 10.5. The largest absolute Gasteiger partial charge is 0.508 e. The van der Waals surface area contributed by atoms with E-state index in [4.69, 9.17) is 14.2 Å². The first-order chi connectivity index (χ1) is 14.7. The van der Waals surface area contributed by atoms with Gasteiger partial charge in [-0.05, 0) is 64.5 Å². The SMILES string of the molecule is CCCCCc1cc(O)c(C/C=C(\C)CCC=C(C)C)c2c1C(=O)OC(C)(COC)O2. The monoisotopic (exact) mass is 430 g/mol. The number of hydrogen-bond donors (Lipinski definition) is 1. The van der Waals surface area contributed by atoms with Gasteiger partial charge in [0.05, 0.1) is 0 Å². The van der Waals surface area contributed by atoms with E-state index in [1.165, 1.54) is 18.3 Å². The molecular weight excluding hydrogens is 392 g/mol. The highest BCUT2D eigenvalue weighted by Crippen LogP contribution is 2.42. The predicted molar refractivity (Wildman–Crippen MR) is 124 cm³/mol. The Labute approximate surface area is 187 Å². The molecule has 0 saturated heterocycles. The predicted octanol–water partition coefficient (Wildman–Crippen LogP) is 6.27. The average molecular weight is 431 g/mol. The van der Waals surface area contributed by atoms with Crippen molar-refractivity contribution in [1.82, 2.24) is 0 Å². The molecule has 2 rings (SSSR count). The van der Waals surface area contributed by atoms with Gasteiger partial charge in [-0.3, -0.25) is 0 Å². The summed E-state index contributed by atoms with van der Waals surface area (Å²) in [6, 6.07) is 1.71. The number of aryl methyl sites for hydroxylation is 1. The van der Waals surface area contributed by atoms with Crippen LogP contribution >= 0.6 is 0 Å². The molecule has 0 aliphatic carbocycles. The average Bonchev–Trinajstić information content (AvgIpc) is 2.66. The van der Waals surface area contributed by atoms with Crippen molar-refractivity contribution < 1.29 is 24.1 Å². The smallest absolute Gasteiger partial charge is 0.345 e. The van der Waals surface area contributed by atoms with Crippen molar-refractivity contribution in [2.75, 3.05) is 13.7 Å². The fourth-order valence-corrected chi connectivity index (χ4v) is 3.81. The van der Waals surface area contributed by atoms with Gasteiger partial charge in [0.1, 0.15) is 23.7 Å². The van der Waals surface area contributed by atoms with Gasteiger partial charge in [-0.2, -0.15) is 0 Å².